The minimum Gasteiger partial charge on any atom is -0.441 e. The van der Waals surface area contributed by atoms with Crippen molar-refractivity contribution in [1.82, 2.24) is 0 Å². The van der Waals surface area contributed by atoms with Gasteiger partial charge in [0.1, 0.15) is 0 Å². The minimum atomic E-state index is -6.43. The summed E-state index contributed by atoms with van der Waals surface area (Å²) in [6, 6.07) is 0.992. The number of alkyl halides is 5. The van der Waals surface area contributed by atoms with Crippen LogP contribution in [0.2, 0.25) is 0 Å². The molecule has 0 bridgehead atoms. The van der Waals surface area contributed by atoms with Crippen molar-refractivity contribution in [3.63, 3.8) is 0 Å². The van der Waals surface area contributed by atoms with Crippen LogP contribution in [-0.2, 0) is 14.9 Å². The molecule has 0 amide bonds. The number of esters is 1. The van der Waals surface area contributed by atoms with E-state index in [1.165, 1.54) is 5.38 Å². The molecule has 0 aliphatic heterocycles. The van der Waals surface area contributed by atoms with Gasteiger partial charge in [0.15, 0.2) is 0 Å². The van der Waals surface area contributed by atoms with Crippen molar-refractivity contribution < 1.29 is 44.5 Å². The van der Waals surface area contributed by atoms with Crippen LogP contribution in [0.25, 0.3) is 0 Å². The largest absolute Gasteiger partial charge is 0.441 e. The average Bonchev–Trinajstić information content (AvgIpc) is 2.75. The monoisotopic (exact) mass is 340 g/mol. The topological polar surface area (TPSA) is 80.7 Å². The number of carbonyl (C=O) groups excluding carboxylic acids is 1. The van der Waals surface area contributed by atoms with Crippen molar-refractivity contribution in [3.8, 4) is 0 Å². The average molecular weight is 340 g/mol. The number of rotatable bonds is 4. The summed E-state index contributed by atoms with van der Waals surface area (Å²) in [5.74, 6) is -1.79. The van der Waals surface area contributed by atoms with Gasteiger partial charge in [-0.25, -0.2) is 4.79 Å². The third kappa shape index (κ3) is 3.43. The first-order valence-electron chi connectivity index (χ1n) is 4.52. The van der Waals surface area contributed by atoms with Gasteiger partial charge in [0, 0.05) is 5.38 Å². The van der Waals surface area contributed by atoms with Crippen molar-refractivity contribution in [2.75, 3.05) is 0 Å². The van der Waals surface area contributed by atoms with E-state index >= 15 is 0 Å². The molecule has 5 nitrogen and oxygen atoms in total. The molecule has 1 aromatic heterocycles. The number of hydrogen-bond acceptors (Lipinski definition) is 5. The highest BCUT2D eigenvalue weighted by Gasteiger charge is 2.66. The van der Waals surface area contributed by atoms with E-state index in [1.54, 1.807) is 0 Å². The Morgan fingerprint density at radius 3 is 2.20 bits per heavy atom. The molecule has 0 saturated carbocycles. The van der Waals surface area contributed by atoms with Crippen LogP contribution < -0.4 is 0 Å². The molecule has 114 valence electrons. The Morgan fingerprint density at radius 1 is 1.30 bits per heavy atom. The summed E-state index contributed by atoms with van der Waals surface area (Å²) in [6.45, 7) is 0. The van der Waals surface area contributed by atoms with Gasteiger partial charge >= 0.3 is 27.5 Å². The maximum atomic E-state index is 13.1. The van der Waals surface area contributed by atoms with Gasteiger partial charge in [-0.05, 0) is 11.4 Å². The van der Waals surface area contributed by atoms with Crippen LogP contribution in [0.5, 0.6) is 0 Å². The maximum absolute atomic E-state index is 13.1. The number of hydrogen-bond donors (Lipinski definition) is 1. The Balaban J connectivity index is 3.13. The fourth-order valence-corrected chi connectivity index (χ4v) is 2.09. The minimum absolute atomic E-state index is 0.463. The lowest BCUT2D eigenvalue weighted by Gasteiger charge is -2.25. The van der Waals surface area contributed by atoms with E-state index in [0.717, 1.165) is 22.8 Å². The highest BCUT2D eigenvalue weighted by atomic mass is 32.2. The fourth-order valence-electron chi connectivity index (χ4n) is 1.02. The summed E-state index contributed by atoms with van der Waals surface area (Å²) in [6.07, 6.45) is -10.2. The lowest BCUT2D eigenvalue weighted by atomic mass is 10.3. The van der Waals surface area contributed by atoms with Crippen molar-refractivity contribution in [1.29, 1.82) is 0 Å². The summed E-state index contributed by atoms with van der Waals surface area (Å²) in [7, 11) is -6.43. The quantitative estimate of drug-likeness (QED) is 0.517. The molecule has 0 spiro atoms. The second-order valence-electron chi connectivity index (χ2n) is 3.38. The lowest BCUT2D eigenvalue weighted by Crippen LogP contribution is -2.52. The highest BCUT2D eigenvalue weighted by molar-refractivity contribution is 7.86. The molecule has 1 aromatic rings. The van der Waals surface area contributed by atoms with Crippen molar-refractivity contribution in [3.05, 3.63) is 22.4 Å². The second kappa shape index (κ2) is 5.26. The van der Waals surface area contributed by atoms with Crippen molar-refractivity contribution in [2.24, 2.45) is 0 Å². The van der Waals surface area contributed by atoms with Crippen LogP contribution in [0.4, 0.5) is 22.0 Å². The molecule has 12 heteroatoms. The fraction of sp³-hybridized carbons (Fsp3) is 0.375. The first kappa shape index (κ1) is 16.8. The van der Waals surface area contributed by atoms with Crippen LogP contribution in [0.1, 0.15) is 10.4 Å². The lowest BCUT2D eigenvalue weighted by molar-refractivity contribution is -0.248. The summed E-state index contributed by atoms with van der Waals surface area (Å²) in [4.78, 5) is 11.2. The molecular formula is C8H5F5O5S2. The third-order valence-electron chi connectivity index (χ3n) is 1.93. The molecule has 1 unspecified atom stereocenters. The van der Waals surface area contributed by atoms with Gasteiger partial charge < -0.3 is 4.74 Å². The zero-order valence-corrected chi connectivity index (χ0v) is 10.7. The van der Waals surface area contributed by atoms with Crippen molar-refractivity contribution in [2.45, 2.75) is 17.5 Å². The third-order valence-corrected chi connectivity index (χ3v) is 3.51. The Bertz CT molecular complexity index is 577. The van der Waals surface area contributed by atoms with Crippen LogP contribution in [-0.4, -0.2) is 36.5 Å². The van der Waals surface area contributed by atoms with Crippen LogP contribution in [0, 0.1) is 0 Å². The number of carbonyl (C=O) groups is 1. The Hall–Kier alpha value is -1.27. The number of halogens is 5. The summed E-state index contributed by atoms with van der Waals surface area (Å²) >= 11 is 0.878. The molecule has 0 saturated heterocycles. The number of ether oxygens (including phenoxy) is 1. The molecule has 0 aromatic carbocycles. The maximum Gasteiger partial charge on any atom is 0.432 e. The predicted octanol–water partition coefficient (Wildman–Crippen LogP) is 2.32. The summed E-state index contributed by atoms with van der Waals surface area (Å²) in [5.41, 5.74) is -0.463. The van der Waals surface area contributed by atoms with E-state index in [1.807, 2.05) is 0 Å². The van der Waals surface area contributed by atoms with E-state index in [4.69, 9.17) is 4.55 Å². The smallest absolute Gasteiger partial charge is 0.432 e. The molecule has 0 radical (unpaired) electrons. The highest BCUT2D eigenvalue weighted by Crippen LogP contribution is 2.38. The summed E-state index contributed by atoms with van der Waals surface area (Å²) in [5, 5.41) is -3.45. The van der Waals surface area contributed by atoms with E-state index in [-0.39, 0.29) is 0 Å². The van der Waals surface area contributed by atoms with Crippen LogP contribution in [0.3, 0.4) is 0 Å². The first-order valence-corrected chi connectivity index (χ1v) is 6.90. The molecule has 0 aliphatic rings. The Labute approximate surface area is 112 Å². The molecule has 1 heterocycles. The molecular weight excluding hydrogens is 335 g/mol. The second-order valence-corrected chi connectivity index (χ2v) is 5.65. The van der Waals surface area contributed by atoms with Gasteiger partial charge in [-0.15, -0.1) is 0 Å². The van der Waals surface area contributed by atoms with Gasteiger partial charge in [0.05, 0.1) is 5.56 Å². The van der Waals surface area contributed by atoms with E-state index < -0.39 is 39.2 Å². The molecule has 20 heavy (non-hydrogen) atoms. The van der Waals surface area contributed by atoms with Crippen LogP contribution >= 0.6 is 11.3 Å². The Morgan fingerprint density at radius 2 is 1.85 bits per heavy atom. The molecule has 1 atom stereocenters. The van der Waals surface area contributed by atoms with Crippen LogP contribution in [0.15, 0.2) is 16.8 Å². The predicted molar refractivity (Wildman–Crippen MR) is 56.1 cm³/mol. The molecule has 1 rings (SSSR count). The molecule has 0 aliphatic carbocycles. The van der Waals surface area contributed by atoms with E-state index in [2.05, 4.69) is 4.74 Å². The Kier molecular flexibility index (Phi) is 4.41. The van der Waals surface area contributed by atoms with Gasteiger partial charge in [-0.2, -0.15) is 41.7 Å². The molecule has 0 fully saturated rings. The zero-order valence-electron chi connectivity index (χ0n) is 9.10. The SMILES string of the molecule is O=C(OC(C(F)(F)F)C(F)(F)S(=O)(=O)O)c1ccsc1. The van der Waals surface area contributed by atoms with Gasteiger partial charge in [-0.1, -0.05) is 0 Å². The standard InChI is InChI=1S/C8H5F5O5S2/c9-7(10,11)6(8(12,13)20(15,16)17)18-5(14)4-1-2-19-3-4/h1-3,6H,(H,15,16,17). The number of thiophene rings is 1. The van der Waals surface area contributed by atoms with E-state index in [9.17, 15) is 35.2 Å². The zero-order chi connectivity index (χ0) is 15.8. The summed E-state index contributed by atoms with van der Waals surface area (Å²) < 4.78 is 95.7. The van der Waals surface area contributed by atoms with Crippen molar-refractivity contribution >= 4 is 27.4 Å². The van der Waals surface area contributed by atoms with Gasteiger partial charge in [0.25, 0.3) is 6.10 Å². The van der Waals surface area contributed by atoms with Gasteiger partial charge in [-0.3, -0.25) is 4.55 Å². The first-order chi connectivity index (χ1) is 8.87. The molecule has 1 N–H and O–H groups in total. The van der Waals surface area contributed by atoms with E-state index in [0.29, 0.717) is 0 Å². The van der Waals surface area contributed by atoms with Gasteiger partial charge in [0.2, 0.25) is 0 Å². The normalized spacial score (nSPS) is 14.9.